The van der Waals surface area contributed by atoms with Gasteiger partial charge in [-0.3, -0.25) is 15.5 Å². The Kier molecular flexibility index (Phi) is 5.19. The second-order valence-corrected chi connectivity index (χ2v) is 5.54. The molecule has 0 aliphatic carbocycles. The van der Waals surface area contributed by atoms with Crippen molar-refractivity contribution in [3.05, 3.63) is 67.3 Å². The van der Waals surface area contributed by atoms with Crippen LogP contribution in [0.4, 0.5) is 24.5 Å². The summed E-state index contributed by atoms with van der Waals surface area (Å²) in [6, 6.07) is 9.63. The normalized spacial score (nSPS) is 11.7. The summed E-state index contributed by atoms with van der Waals surface area (Å²) in [5.41, 5.74) is 0.880. The molecule has 0 bridgehead atoms. The average molecular weight is 435 g/mol. The van der Waals surface area contributed by atoms with E-state index < -0.39 is 22.4 Å². The van der Waals surface area contributed by atoms with Crippen molar-refractivity contribution in [1.82, 2.24) is 0 Å². The van der Waals surface area contributed by atoms with Gasteiger partial charge in [0.05, 0.1) is 22.4 Å². The van der Waals surface area contributed by atoms with Crippen LogP contribution in [0.3, 0.4) is 0 Å². The van der Waals surface area contributed by atoms with E-state index in [4.69, 9.17) is 0 Å². The van der Waals surface area contributed by atoms with Crippen LogP contribution in [0.25, 0.3) is 0 Å². The zero-order chi connectivity index (χ0) is 17.0. The molecule has 23 heavy (non-hydrogen) atoms. The molecule has 0 saturated carbocycles. The Morgan fingerprint density at radius 3 is 2.52 bits per heavy atom. The van der Waals surface area contributed by atoms with Crippen LogP contribution in [0, 0.1) is 13.7 Å². The van der Waals surface area contributed by atoms with Gasteiger partial charge in [0.2, 0.25) is 0 Å². The Hall–Kier alpha value is -2.17. The number of nitrogens with one attached hydrogen (secondary N) is 1. The number of non-ortho nitro benzene ring substituents is 1. The quantitative estimate of drug-likeness (QED) is 0.329. The van der Waals surface area contributed by atoms with E-state index in [0.29, 0.717) is 6.07 Å². The second kappa shape index (κ2) is 6.94. The summed E-state index contributed by atoms with van der Waals surface area (Å²) in [6.07, 6.45) is -3.35. The predicted molar refractivity (Wildman–Crippen MR) is 88.5 cm³/mol. The maximum absolute atomic E-state index is 13.0. The van der Waals surface area contributed by atoms with E-state index >= 15 is 0 Å². The number of hydrogen-bond acceptors (Lipinski definition) is 4. The van der Waals surface area contributed by atoms with Crippen molar-refractivity contribution in [3.8, 4) is 0 Å². The topological polar surface area (TPSA) is 67.5 Å². The molecular weight excluding hydrogens is 426 g/mol. The molecule has 5 nitrogen and oxygen atoms in total. The van der Waals surface area contributed by atoms with E-state index in [-0.39, 0.29) is 5.69 Å². The molecule has 0 aromatic heterocycles. The highest BCUT2D eigenvalue weighted by Crippen LogP contribution is 2.37. The Morgan fingerprint density at radius 1 is 1.22 bits per heavy atom. The number of hydrazone groups is 1. The van der Waals surface area contributed by atoms with E-state index in [9.17, 15) is 23.3 Å². The van der Waals surface area contributed by atoms with E-state index in [2.05, 4.69) is 33.1 Å². The fourth-order valence-electron chi connectivity index (χ4n) is 1.73. The number of alkyl halides is 3. The Bertz CT molecular complexity index is 763. The van der Waals surface area contributed by atoms with Crippen LogP contribution in [-0.2, 0) is 6.18 Å². The van der Waals surface area contributed by atoms with E-state index in [1.807, 2.05) is 12.1 Å². The third-order valence-electron chi connectivity index (χ3n) is 2.81. The minimum absolute atomic E-state index is 0.356. The monoisotopic (exact) mass is 435 g/mol. The molecule has 0 heterocycles. The van der Waals surface area contributed by atoms with Crippen LogP contribution >= 0.6 is 22.6 Å². The molecule has 120 valence electrons. The first kappa shape index (κ1) is 17.2. The lowest BCUT2D eigenvalue weighted by Crippen LogP contribution is -2.09. The highest BCUT2D eigenvalue weighted by atomic mass is 127. The lowest BCUT2D eigenvalue weighted by molar-refractivity contribution is -0.385. The summed E-state index contributed by atoms with van der Waals surface area (Å²) < 4.78 is 39.9. The minimum atomic E-state index is -4.73. The van der Waals surface area contributed by atoms with Gasteiger partial charge in [-0.15, -0.1) is 0 Å². The van der Waals surface area contributed by atoms with Crippen LogP contribution < -0.4 is 5.43 Å². The van der Waals surface area contributed by atoms with Gasteiger partial charge in [0.25, 0.3) is 5.69 Å². The molecule has 0 radical (unpaired) electrons. The van der Waals surface area contributed by atoms with Crippen molar-refractivity contribution in [3.63, 3.8) is 0 Å². The molecule has 0 spiro atoms. The van der Waals surface area contributed by atoms with Gasteiger partial charge in [-0.2, -0.15) is 18.3 Å². The van der Waals surface area contributed by atoms with Gasteiger partial charge in [0.1, 0.15) is 0 Å². The number of nitro benzene ring substituents is 1. The van der Waals surface area contributed by atoms with Crippen LogP contribution in [0.5, 0.6) is 0 Å². The number of benzene rings is 2. The zero-order valence-electron chi connectivity index (χ0n) is 11.3. The lowest BCUT2D eigenvalue weighted by atomic mass is 10.1. The predicted octanol–water partition coefficient (Wildman–Crippen LogP) is 4.66. The fraction of sp³-hybridized carbons (Fsp3) is 0.0714. The molecule has 2 aromatic rings. The highest BCUT2D eigenvalue weighted by molar-refractivity contribution is 14.1. The van der Waals surface area contributed by atoms with E-state index in [1.54, 1.807) is 12.1 Å². The van der Waals surface area contributed by atoms with Gasteiger partial charge >= 0.3 is 6.18 Å². The van der Waals surface area contributed by atoms with Gasteiger partial charge in [0, 0.05) is 21.3 Å². The second-order valence-electron chi connectivity index (χ2n) is 4.38. The Morgan fingerprint density at radius 2 is 1.91 bits per heavy atom. The first-order valence-electron chi connectivity index (χ1n) is 6.18. The van der Waals surface area contributed by atoms with Crippen LogP contribution in [0.1, 0.15) is 11.1 Å². The molecule has 0 unspecified atom stereocenters. The summed E-state index contributed by atoms with van der Waals surface area (Å²) in [5.74, 6) is 0. The minimum Gasteiger partial charge on any atom is -0.278 e. The van der Waals surface area contributed by atoms with Crippen molar-refractivity contribution in [1.29, 1.82) is 0 Å². The number of hydrogen-bond donors (Lipinski definition) is 1. The molecule has 0 aliphatic rings. The maximum atomic E-state index is 13.0. The summed E-state index contributed by atoms with van der Waals surface area (Å²) in [7, 11) is 0. The molecular formula is C14H9F3IN3O2. The van der Waals surface area contributed by atoms with Crippen molar-refractivity contribution in [2.45, 2.75) is 6.18 Å². The molecule has 0 amide bonds. The van der Waals surface area contributed by atoms with Gasteiger partial charge in [-0.25, -0.2) is 0 Å². The SMILES string of the molecule is O=[N+]([O-])c1ccc(NN=Cc2ccccc2I)c(C(F)(F)F)c1. The van der Waals surface area contributed by atoms with E-state index in [0.717, 1.165) is 21.3 Å². The van der Waals surface area contributed by atoms with Crippen molar-refractivity contribution < 1.29 is 18.1 Å². The number of halogens is 4. The van der Waals surface area contributed by atoms with Gasteiger partial charge in [0.15, 0.2) is 0 Å². The lowest BCUT2D eigenvalue weighted by Gasteiger charge is -2.11. The van der Waals surface area contributed by atoms with Crippen molar-refractivity contribution in [2.24, 2.45) is 5.10 Å². The molecule has 9 heteroatoms. The third-order valence-corrected chi connectivity index (χ3v) is 3.80. The molecule has 0 fully saturated rings. The van der Waals surface area contributed by atoms with Gasteiger partial charge in [-0.1, -0.05) is 18.2 Å². The maximum Gasteiger partial charge on any atom is 0.418 e. The molecule has 0 aliphatic heterocycles. The smallest absolute Gasteiger partial charge is 0.278 e. The Balaban J connectivity index is 2.29. The number of nitrogens with zero attached hydrogens (tertiary/aromatic N) is 2. The summed E-state index contributed by atoms with van der Waals surface area (Å²) >= 11 is 2.07. The molecule has 0 saturated heterocycles. The molecule has 1 N–H and O–H groups in total. The van der Waals surface area contributed by atoms with Crippen LogP contribution in [-0.4, -0.2) is 11.1 Å². The van der Waals surface area contributed by atoms with Crippen molar-refractivity contribution in [2.75, 3.05) is 5.43 Å². The van der Waals surface area contributed by atoms with Gasteiger partial charge in [-0.05, 0) is 34.7 Å². The molecule has 0 atom stereocenters. The zero-order valence-corrected chi connectivity index (χ0v) is 13.5. The Labute approximate surface area is 142 Å². The molecule has 2 rings (SSSR count). The largest absolute Gasteiger partial charge is 0.418 e. The fourth-order valence-corrected chi connectivity index (χ4v) is 2.26. The summed E-state index contributed by atoms with van der Waals surface area (Å²) in [6.45, 7) is 0. The first-order valence-corrected chi connectivity index (χ1v) is 7.26. The van der Waals surface area contributed by atoms with E-state index in [1.165, 1.54) is 6.21 Å². The summed E-state index contributed by atoms with van der Waals surface area (Å²) in [4.78, 5) is 9.73. The van der Waals surface area contributed by atoms with Crippen LogP contribution in [0.2, 0.25) is 0 Å². The first-order chi connectivity index (χ1) is 10.8. The van der Waals surface area contributed by atoms with Gasteiger partial charge < -0.3 is 0 Å². The third kappa shape index (κ3) is 4.41. The van der Waals surface area contributed by atoms with Crippen molar-refractivity contribution >= 4 is 40.2 Å². The molecule has 2 aromatic carbocycles. The number of anilines is 1. The number of rotatable bonds is 4. The summed E-state index contributed by atoms with van der Waals surface area (Å²) in [5, 5.41) is 14.4. The number of nitro groups is 1. The average Bonchev–Trinajstić information content (AvgIpc) is 2.48. The highest BCUT2D eigenvalue weighted by Gasteiger charge is 2.35. The van der Waals surface area contributed by atoms with Crippen LogP contribution in [0.15, 0.2) is 47.6 Å². The standard InChI is InChI=1S/C14H9F3IN3O2/c15-14(16,17)11-7-10(21(22)23)5-6-13(11)20-19-8-9-3-1-2-4-12(9)18/h1-8,20H.